The molecule has 0 radical (unpaired) electrons. The van der Waals surface area contributed by atoms with Crippen LogP contribution in [0.25, 0.3) is 0 Å². The number of likely N-dealkylation sites (tertiary alicyclic amines) is 1. The van der Waals surface area contributed by atoms with E-state index in [1.807, 2.05) is 0 Å². The molecule has 2 heterocycles. The first-order valence-electron chi connectivity index (χ1n) is 9.99. The van der Waals surface area contributed by atoms with Crippen molar-refractivity contribution in [2.75, 3.05) is 25.4 Å². The number of rotatable bonds is 6. The summed E-state index contributed by atoms with van der Waals surface area (Å²) in [4.78, 5) is 39.7. The quantitative estimate of drug-likeness (QED) is 0.627. The molecule has 31 heavy (non-hydrogen) atoms. The molecule has 2 fully saturated rings. The van der Waals surface area contributed by atoms with Gasteiger partial charge in [0.05, 0.1) is 5.92 Å². The highest BCUT2D eigenvalue weighted by Gasteiger charge is 2.39. The second-order valence-electron chi connectivity index (χ2n) is 7.77. The van der Waals surface area contributed by atoms with E-state index in [1.54, 1.807) is 4.90 Å². The van der Waals surface area contributed by atoms with Gasteiger partial charge in [0, 0.05) is 43.9 Å². The lowest BCUT2D eigenvalue weighted by Gasteiger charge is -2.34. The van der Waals surface area contributed by atoms with E-state index in [-0.39, 0.29) is 30.2 Å². The van der Waals surface area contributed by atoms with Gasteiger partial charge >= 0.3 is 5.97 Å². The summed E-state index contributed by atoms with van der Waals surface area (Å²) in [7, 11) is 0. The minimum absolute atomic E-state index is 0.121. The first-order chi connectivity index (χ1) is 14.7. The van der Waals surface area contributed by atoms with Crippen LogP contribution in [-0.4, -0.2) is 69.5 Å². The lowest BCUT2D eigenvalue weighted by atomic mass is 9.97. The molecule has 0 aromatic heterocycles. The van der Waals surface area contributed by atoms with Crippen LogP contribution < -0.4 is 5.73 Å². The topological polar surface area (TPSA) is 104 Å². The summed E-state index contributed by atoms with van der Waals surface area (Å²) in [5.41, 5.74) is 5.83. The molecule has 2 saturated heterocycles. The Labute approximate surface area is 181 Å². The molecular formula is C20H24F3N3O4S. The zero-order valence-corrected chi connectivity index (χ0v) is 17.5. The average Bonchev–Trinajstić information content (AvgIpc) is 3.21. The normalized spacial score (nSPS) is 20.7. The number of carbonyl (C=O) groups excluding carboxylic acids is 2. The van der Waals surface area contributed by atoms with E-state index in [0.717, 1.165) is 6.07 Å². The van der Waals surface area contributed by atoms with Crippen molar-refractivity contribution in [3.63, 3.8) is 0 Å². The molecule has 11 heteroatoms. The Bertz CT molecular complexity index is 864. The molecule has 2 aliphatic rings. The van der Waals surface area contributed by atoms with E-state index in [0.29, 0.717) is 44.3 Å². The number of hydrogen-bond donors (Lipinski definition) is 2. The average molecular weight is 459 g/mol. The van der Waals surface area contributed by atoms with Gasteiger partial charge in [-0.1, -0.05) is 0 Å². The third-order valence-corrected chi connectivity index (χ3v) is 6.78. The maximum atomic E-state index is 13.8. The maximum absolute atomic E-state index is 13.8. The minimum atomic E-state index is -1.30. The number of hydrogen-bond acceptors (Lipinski definition) is 5. The molecule has 3 rings (SSSR count). The molecule has 170 valence electrons. The van der Waals surface area contributed by atoms with E-state index in [1.165, 1.54) is 16.7 Å². The predicted molar refractivity (Wildman–Crippen MR) is 108 cm³/mol. The highest BCUT2D eigenvalue weighted by Crippen LogP contribution is 2.28. The Morgan fingerprint density at radius 1 is 1.10 bits per heavy atom. The number of aliphatic carboxylic acids is 1. The van der Waals surface area contributed by atoms with Crippen molar-refractivity contribution in [3.05, 3.63) is 35.1 Å². The number of nitrogens with zero attached hydrogens (tertiary/aromatic N) is 2. The third kappa shape index (κ3) is 5.51. The number of benzene rings is 1. The first-order valence-corrected chi connectivity index (χ1v) is 11.0. The van der Waals surface area contributed by atoms with Gasteiger partial charge in [0.2, 0.25) is 5.91 Å². The maximum Gasteiger partial charge on any atom is 0.306 e. The lowest BCUT2D eigenvalue weighted by molar-refractivity contribution is -0.147. The fourth-order valence-electron chi connectivity index (χ4n) is 3.85. The van der Waals surface area contributed by atoms with Crippen LogP contribution in [0.2, 0.25) is 0 Å². The number of amides is 2. The zero-order chi connectivity index (χ0) is 22.7. The van der Waals surface area contributed by atoms with Crippen molar-refractivity contribution < 1.29 is 32.7 Å². The van der Waals surface area contributed by atoms with Crippen LogP contribution in [0.4, 0.5) is 13.2 Å². The summed E-state index contributed by atoms with van der Waals surface area (Å²) in [6, 6.07) is 0.339. The van der Waals surface area contributed by atoms with Gasteiger partial charge in [-0.05, 0) is 30.9 Å². The Morgan fingerprint density at radius 3 is 2.39 bits per heavy atom. The van der Waals surface area contributed by atoms with Crippen molar-refractivity contribution in [1.82, 2.24) is 9.80 Å². The molecule has 0 aliphatic carbocycles. The molecule has 1 aromatic carbocycles. The van der Waals surface area contributed by atoms with Crippen LogP contribution in [0, 0.1) is 23.4 Å². The van der Waals surface area contributed by atoms with Gasteiger partial charge in [0.1, 0.15) is 5.82 Å². The highest BCUT2D eigenvalue weighted by atomic mass is 32.2. The van der Waals surface area contributed by atoms with Gasteiger partial charge < -0.3 is 20.6 Å². The number of halogens is 3. The number of piperidine rings is 1. The molecule has 1 aromatic rings. The van der Waals surface area contributed by atoms with Gasteiger partial charge in [0.15, 0.2) is 17.0 Å². The molecule has 7 nitrogen and oxygen atoms in total. The SMILES string of the molecule is NC(CC(=O)N1CCSC1C(=O)N1CCC(C(=O)O)CC1)Cc1cc(F)c(F)cc1F. The molecule has 2 aliphatic heterocycles. The van der Waals surface area contributed by atoms with Crippen LogP contribution in [0.1, 0.15) is 24.8 Å². The van der Waals surface area contributed by atoms with Gasteiger partial charge in [-0.3, -0.25) is 14.4 Å². The summed E-state index contributed by atoms with van der Waals surface area (Å²) in [5.74, 6) is -4.80. The molecule has 3 N–H and O–H groups in total. The molecule has 2 unspecified atom stereocenters. The van der Waals surface area contributed by atoms with Crippen molar-refractivity contribution >= 4 is 29.5 Å². The molecule has 0 bridgehead atoms. The molecular weight excluding hydrogens is 435 g/mol. The van der Waals surface area contributed by atoms with Gasteiger partial charge in [-0.2, -0.15) is 0 Å². The Balaban J connectivity index is 1.57. The summed E-state index contributed by atoms with van der Waals surface area (Å²) in [6.45, 7) is 1.01. The third-order valence-electron chi connectivity index (χ3n) is 5.59. The monoisotopic (exact) mass is 459 g/mol. The second-order valence-corrected chi connectivity index (χ2v) is 8.96. The van der Waals surface area contributed by atoms with Gasteiger partial charge in [-0.15, -0.1) is 11.8 Å². The van der Waals surface area contributed by atoms with Crippen molar-refractivity contribution in [2.45, 2.75) is 37.1 Å². The van der Waals surface area contributed by atoms with E-state index < -0.39 is 40.8 Å². The fraction of sp³-hybridized carbons (Fsp3) is 0.550. The number of thioether (sulfide) groups is 1. The van der Waals surface area contributed by atoms with E-state index >= 15 is 0 Å². The van der Waals surface area contributed by atoms with E-state index in [4.69, 9.17) is 10.8 Å². The largest absolute Gasteiger partial charge is 0.481 e. The van der Waals surface area contributed by atoms with Crippen LogP contribution in [0.5, 0.6) is 0 Å². The molecule has 2 atom stereocenters. The minimum Gasteiger partial charge on any atom is -0.481 e. The fourth-order valence-corrected chi connectivity index (χ4v) is 5.07. The standard InChI is InChI=1S/C20H24F3N3O4S/c21-14-10-16(23)15(22)8-12(14)7-13(24)9-17(27)26-5-6-31-19(26)18(28)25-3-1-11(2-4-25)20(29)30/h8,10-11,13,19H,1-7,9,24H2,(H,29,30). The van der Waals surface area contributed by atoms with E-state index in [9.17, 15) is 27.6 Å². The first kappa shape index (κ1) is 23.4. The molecule has 0 saturated carbocycles. The van der Waals surface area contributed by atoms with Crippen molar-refractivity contribution in [3.8, 4) is 0 Å². The van der Waals surface area contributed by atoms with Crippen LogP contribution >= 0.6 is 11.8 Å². The number of carboxylic acid groups (broad SMARTS) is 1. The highest BCUT2D eigenvalue weighted by molar-refractivity contribution is 8.00. The second kappa shape index (κ2) is 9.90. The van der Waals surface area contributed by atoms with Crippen LogP contribution in [0.3, 0.4) is 0 Å². The Morgan fingerprint density at radius 2 is 1.74 bits per heavy atom. The lowest BCUT2D eigenvalue weighted by Crippen LogP contribution is -2.50. The Hall–Kier alpha value is -2.27. The van der Waals surface area contributed by atoms with E-state index in [2.05, 4.69) is 0 Å². The predicted octanol–water partition coefficient (Wildman–Crippen LogP) is 1.59. The summed E-state index contributed by atoms with van der Waals surface area (Å²) >= 11 is 1.33. The Kier molecular flexibility index (Phi) is 7.47. The van der Waals surface area contributed by atoms with Gasteiger partial charge in [-0.25, -0.2) is 13.2 Å². The summed E-state index contributed by atoms with van der Waals surface area (Å²) in [6.07, 6.45) is 0.412. The van der Waals surface area contributed by atoms with Gasteiger partial charge in [0.25, 0.3) is 5.91 Å². The van der Waals surface area contributed by atoms with Crippen molar-refractivity contribution in [2.24, 2.45) is 11.7 Å². The summed E-state index contributed by atoms with van der Waals surface area (Å²) < 4.78 is 40.3. The molecule has 0 spiro atoms. The number of nitrogens with two attached hydrogens (primary N) is 1. The van der Waals surface area contributed by atoms with Crippen LogP contribution in [-0.2, 0) is 20.8 Å². The summed E-state index contributed by atoms with van der Waals surface area (Å²) in [5, 5.41) is 8.38. The zero-order valence-electron chi connectivity index (χ0n) is 16.7. The number of carbonyl (C=O) groups is 3. The van der Waals surface area contributed by atoms with Crippen molar-refractivity contribution in [1.29, 1.82) is 0 Å². The number of carboxylic acids is 1. The smallest absolute Gasteiger partial charge is 0.306 e. The van der Waals surface area contributed by atoms with Crippen LogP contribution in [0.15, 0.2) is 12.1 Å². The molecule has 2 amide bonds.